The summed E-state index contributed by atoms with van der Waals surface area (Å²) in [6.45, 7) is 3.52. The van der Waals surface area contributed by atoms with Crippen LogP contribution in [-0.4, -0.2) is 34.0 Å². The maximum atomic E-state index is 13.1. The van der Waals surface area contributed by atoms with Crippen LogP contribution in [0.5, 0.6) is 5.75 Å². The first-order valence-electron chi connectivity index (χ1n) is 8.64. The molecule has 1 aromatic carbocycles. The van der Waals surface area contributed by atoms with Crippen molar-refractivity contribution in [1.82, 2.24) is 15.0 Å². The maximum absolute atomic E-state index is 13.1. The van der Waals surface area contributed by atoms with Crippen molar-refractivity contribution in [3.05, 3.63) is 41.8 Å². The zero-order valence-electron chi connectivity index (χ0n) is 14.3. The van der Waals surface area contributed by atoms with Crippen LogP contribution in [-0.2, 0) is 11.4 Å². The molecule has 1 unspecified atom stereocenters. The largest absolute Gasteiger partial charge is 0.485 e. The Labute approximate surface area is 146 Å². The van der Waals surface area contributed by atoms with Crippen LogP contribution in [0.15, 0.2) is 28.8 Å². The molecule has 1 aliphatic rings. The van der Waals surface area contributed by atoms with Gasteiger partial charge in [-0.25, -0.2) is 4.39 Å². The van der Waals surface area contributed by atoms with Crippen molar-refractivity contribution < 1.29 is 18.4 Å². The summed E-state index contributed by atoms with van der Waals surface area (Å²) in [5, 5.41) is 3.93. The van der Waals surface area contributed by atoms with Crippen LogP contribution < -0.4 is 4.74 Å². The molecule has 2 aromatic rings. The lowest BCUT2D eigenvalue weighted by molar-refractivity contribution is -0.132. The third-order valence-electron chi connectivity index (χ3n) is 4.24. The van der Waals surface area contributed by atoms with Gasteiger partial charge in [0.25, 0.3) is 0 Å². The second kappa shape index (κ2) is 8.09. The van der Waals surface area contributed by atoms with E-state index in [1.807, 2.05) is 11.8 Å². The number of likely N-dealkylation sites (tertiary alicyclic amines) is 1. The number of carbonyl (C=O) groups is 1. The number of ether oxygens (including phenoxy) is 1. The topological polar surface area (TPSA) is 68.5 Å². The third-order valence-corrected chi connectivity index (χ3v) is 4.24. The van der Waals surface area contributed by atoms with E-state index in [0.29, 0.717) is 30.4 Å². The van der Waals surface area contributed by atoms with Crippen LogP contribution in [0.3, 0.4) is 0 Å². The molecular formula is C18H22FN3O3. The molecule has 1 aliphatic heterocycles. The molecule has 1 aromatic heterocycles. The van der Waals surface area contributed by atoms with Gasteiger partial charge >= 0.3 is 0 Å². The minimum atomic E-state index is -0.356. The first-order chi connectivity index (χ1) is 12.2. The van der Waals surface area contributed by atoms with Gasteiger partial charge in [0.2, 0.25) is 17.6 Å². The number of piperidine rings is 1. The predicted molar refractivity (Wildman–Crippen MR) is 88.5 cm³/mol. The molecule has 1 amide bonds. The normalized spacial score (nSPS) is 17.5. The summed E-state index contributed by atoms with van der Waals surface area (Å²) in [7, 11) is 0. The van der Waals surface area contributed by atoms with Gasteiger partial charge in [0.05, 0.1) is 5.92 Å². The van der Waals surface area contributed by atoms with E-state index < -0.39 is 0 Å². The number of halogens is 1. The number of hydrogen-bond donors (Lipinski definition) is 0. The van der Waals surface area contributed by atoms with Gasteiger partial charge in [-0.3, -0.25) is 4.79 Å². The van der Waals surface area contributed by atoms with Crippen molar-refractivity contribution in [1.29, 1.82) is 0 Å². The lowest BCUT2D eigenvalue weighted by Gasteiger charge is -2.31. The predicted octanol–water partition coefficient (Wildman–Crippen LogP) is 3.29. The van der Waals surface area contributed by atoms with E-state index in [9.17, 15) is 9.18 Å². The van der Waals surface area contributed by atoms with Gasteiger partial charge in [0.15, 0.2) is 6.61 Å². The second-order valence-electron chi connectivity index (χ2n) is 6.22. The average molecular weight is 347 g/mol. The molecule has 0 saturated carbocycles. The molecule has 0 N–H and O–H groups in total. The van der Waals surface area contributed by atoms with Crippen LogP contribution in [0.2, 0.25) is 0 Å². The highest BCUT2D eigenvalue weighted by Crippen LogP contribution is 2.26. The maximum Gasteiger partial charge on any atom is 0.231 e. The molecular weight excluding hydrogens is 325 g/mol. The average Bonchev–Trinajstić information content (AvgIpc) is 3.09. The summed E-state index contributed by atoms with van der Waals surface area (Å²) in [6.07, 6.45) is 3.27. The van der Waals surface area contributed by atoms with E-state index in [1.165, 1.54) is 12.1 Å². The number of nitrogens with zero attached hydrogens (tertiary/aromatic N) is 3. The minimum absolute atomic E-state index is 0.0602. The zero-order valence-corrected chi connectivity index (χ0v) is 14.3. The fraction of sp³-hybridized carbons (Fsp3) is 0.500. The van der Waals surface area contributed by atoms with Gasteiger partial charge in [-0.2, -0.15) is 4.98 Å². The smallest absolute Gasteiger partial charge is 0.231 e. The summed E-state index contributed by atoms with van der Waals surface area (Å²) < 4.78 is 24.0. The lowest BCUT2D eigenvalue weighted by Crippen LogP contribution is -2.39. The van der Waals surface area contributed by atoms with E-state index >= 15 is 0 Å². The van der Waals surface area contributed by atoms with E-state index in [1.54, 1.807) is 12.1 Å². The van der Waals surface area contributed by atoms with E-state index in [0.717, 1.165) is 25.8 Å². The highest BCUT2D eigenvalue weighted by Gasteiger charge is 2.28. The Balaban J connectivity index is 1.58. The molecule has 1 atom stereocenters. The Kier molecular flexibility index (Phi) is 5.63. The monoisotopic (exact) mass is 347 g/mol. The molecule has 2 heterocycles. The Bertz CT molecular complexity index is 719. The van der Waals surface area contributed by atoms with Crippen molar-refractivity contribution in [2.75, 3.05) is 13.1 Å². The molecule has 7 heteroatoms. The SMILES string of the molecule is CCCC(=O)N1CCCC(c2nc(COc3cccc(F)c3)no2)C1. The highest BCUT2D eigenvalue weighted by atomic mass is 19.1. The Morgan fingerprint density at radius 3 is 3.16 bits per heavy atom. The van der Waals surface area contributed by atoms with Crippen molar-refractivity contribution >= 4 is 5.91 Å². The van der Waals surface area contributed by atoms with Crippen molar-refractivity contribution in [2.45, 2.75) is 45.1 Å². The van der Waals surface area contributed by atoms with E-state index in [-0.39, 0.29) is 24.2 Å². The van der Waals surface area contributed by atoms with Gasteiger partial charge in [-0.15, -0.1) is 0 Å². The highest BCUT2D eigenvalue weighted by molar-refractivity contribution is 5.76. The Hall–Kier alpha value is -2.44. The molecule has 0 spiro atoms. The first kappa shape index (κ1) is 17.4. The summed E-state index contributed by atoms with van der Waals surface area (Å²) in [5.41, 5.74) is 0. The molecule has 25 heavy (non-hydrogen) atoms. The van der Waals surface area contributed by atoms with Gasteiger partial charge in [-0.05, 0) is 31.4 Å². The fourth-order valence-corrected chi connectivity index (χ4v) is 2.97. The van der Waals surface area contributed by atoms with Gasteiger partial charge in [0, 0.05) is 25.6 Å². The van der Waals surface area contributed by atoms with Crippen LogP contribution >= 0.6 is 0 Å². The summed E-state index contributed by atoms with van der Waals surface area (Å²) in [5.74, 6) is 1.25. The summed E-state index contributed by atoms with van der Waals surface area (Å²) >= 11 is 0. The number of aromatic nitrogens is 2. The minimum Gasteiger partial charge on any atom is -0.485 e. The molecule has 3 rings (SSSR count). The molecule has 1 fully saturated rings. The zero-order chi connectivity index (χ0) is 17.6. The Morgan fingerprint density at radius 2 is 2.36 bits per heavy atom. The molecule has 1 saturated heterocycles. The van der Waals surface area contributed by atoms with Crippen LogP contribution in [0.1, 0.15) is 50.2 Å². The van der Waals surface area contributed by atoms with Crippen LogP contribution in [0.25, 0.3) is 0 Å². The molecule has 0 bridgehead atoms. The first-order valence-corrected chi connectivity index (χ1v) is 8.64. The summed E-state index contributed by atoms with van der Waals surface area (Å²) in [4.78, 5) is 18.3. The van der Waals surface area contributed by atoms with Crippen LogP contribution in [0.4, 0.5) is 4.39 Å². The standard InChI is InChI=1S/C18H22FN3O3/c1-2-5-17(23)22-9-4-6-13(11-22)18-20-16(21-25-18)12-24-15-8-3-7-14(19)10-15/h3,7-8,10,13H,2,4-6,9,11-12H2,1H3. The number of benzene rings is 1. The van der Waals surface area contributed by atoms with Gasteiger partial charge < -0.3 is 14.2 Å². The molecule has 0 radical (unpaired) electrons. The molecule has 6 nitrogen and oxygen atoms in total. The Morgan fingerprint density at radius 1 is 1.48 bits per heavy atom. The number of hydrogen-bond acceptors (Lipinski definition) is 5. The molecule has 0 aliphatic carbocycles. The number of carbonyl (C=O) groups excluding carboxylic acids is 1. The van der Waals surface area contributed by atoms with E-state index in [2.05, 4.69) is 10.1 Å². The van der Waals surface area contributed by atoms with Crippen molar-refractivity contribution in [3.8, 4) is 5.75 Å². The quantitative estimate of drug-likeness (QED) is 0.802. The van der Waals surface area contributed by atoms with Gasteiger partial charge in [-0.1, -0.05) is 18.1 Å². The fourth-order valence-electron chi connectivity index (χ4n) is 2.97. The summed E-state index contributed by atoms with van der Waals surface area (Å²) in [6, 6.07) is 5.91. The second-order valence-corrected chi connectivity index (χ2v) is 6.22. The number of amides is 1. The van der Waals surface area contributed by atoms with Gasteiger partial charge in [0.1, 0.15) is 11.6 Å². The lowest BCUT2D eigenvalue weighted by atomic mass is 9.97. The van der Waals surface area contributed by atoms with Crippen molar-refractivity contribution in [2.24, 2.45) is 0 Å². The molecule has 134 valence electrons. The number of rotatable bonds is 6. The van der Waals surface area contributed by atoms with E-state index in [4.69, 9.17) is 9.26 Å². The van der Waals surface area contributed by atoms with Crippen LogP contribution in [0, 0.1) is 5.82 Å². The van der Waals surface area contributed by atoms with Crippen molar-refractivity contribution in [3.63, 3.8) is 0 Å². The third kappa shape index (κ3) is 4.55.